The van der Waals surface area contributed by atoms with Gasteiger partial charge in [0.15, 0.2) is 0 Å². The monoisotopic (exact) mass is 256 g/mol. The predicted octanol–water partition coefficient (Wildman–Crippen LogP) is 2.45. The number of rotatable bonds is 6. The van der Waals surface area contributed by atoms with Gasteiger partial charge < -0.3 is 4.74 Å². The van der Waals surface area contributed by atoms with Gasteiger partial charge in [0.2, 0.25) is 0 Å². The average molecular weight is 256 g/mol. The van der Waals surface area contributed by atoms with Crippen LogP contribution in [0, 0.1) is 6.92 Å². The van der Waals surface area contributed by atoms with E-state index in [1.54, 1.807) is 0 Å². The molecule has 2 aromatic carbocycles. The minimum Gasteiger partial charge on any atom is -0.492 e. The predicted molar refractivity (Wildman–Crippen MR) is 77.9 cm³/mol. The maximum atomic E-state index is 5.71. The van der Waals surface area contributed by atoms with Crippen LogP contribution in [0.1, 0.15) is 11.1 Å². The zero-order valence-corrected chi connectivity index (χ0v) is 11.2. The Morgan fingerprint density at radius 3 is 2.37 bits per heavy atom. The van der Waals surface area contributed by atoms with Crippen LogP contribution in [0.5, 0.6) is 5.75 Å². The molecule has 0 saturated heterocycles. The highest BCUT2D eigenvalue weighted by Gasteiger charge is 2.08. The molecule has 2 aromatic rings. The normalized spacial score (nSPS) is 12.1. The molecule has 0 aromatic heterocycles. The third-order valence-electron chi connectivity index (χ3n) is 3.03. The number of benzene rings is 2. The van der Waals surface area contributed by atoms with E-state index in [2.05, 4.69) is 36.6 Å². The first-order valence-electron chi connectivity index (χ1n) is 6.47. The summed E-state index contributed by atoms with van der Waals surface area (Å²) >= 11 is 0. The molecular formula is C16H20N2O. The Morgan fingerprint density at radius 1 is 1.05 bits per heavy atom. The number of hydrogen-bond donors (Lipinski definition) is 2. The molecule has 1 atom stereocenters. The van der Waals surface area contributed by atoms with Crippen LogP contribution in [0.25, 0.3) is 0 Å². The van der Waals surface area contributed by atoms with Gasteiger partial charge in [0.25, 0.3) is 0 Å². The lowest BCUT2D eigenvalue weighted by molar-refractivity contribution is 0.264. The van der Waals surface area contributed by atoms with Crippen LogP contribution in [-0.2, 0) is 6.42 Å². The van der Waals surface area contributed by atoms with E-state index in [0.29, 0.717) is 6.61 Å². The first kappa shape index (κ1) is 13.6. The van der Waals surface area contributed by atoms with Gasteiger partial charge in [-0.2, -0.15) is 0 Å². The van der Waals surface area contributed by atoms with Crippen LogP contribution in [0.15, 0.2) is 54.6 Å². The molecule has 0 saturated carbocycles. The highest BCUT2D eigenvalue weighted by molar-refractivity contribution is 5.23. The van der Waals surface area contributed by atoms with Gasteiger partial charge in [-0.3, -0.25) is 11.3 Å². The van der Waals surface area contributed by atoms with Crippen LogP contribution in [0.2, 0.25) is 0 Å². The second-order valence-corrected chi connectivity index (χ2v) is 4.68. The summed E-state index contributed by atoms with van der Waals surface area (Å²) in [5.74, 6) is 6.45. The molecule has 19 heavy (non-hydrogen) atoms. The van der Waals surface area contributed by atoms with Crippen LogP contribution >= 0.6 is 0 Å². The molecule has 0 aliphatic heterocycles. The fourth-order valence-electron chi connectivity index (χ4n) is 1.89. The zero-order valence-electron chi connectivity index (χ0n) is 11.2. The van der Waals surface area contributed by atoms with Crippen LogP contribution < -0.4 is 16.0 Å². The molecular weight excluding hydrogens is 236 g/mol. The Hall–Kier alpha value is -1.84. The van der Waals surface area contributed by atoms with Crippen molar-refractivity contribution in [2.45, 2.75) is 19.4 Å². The highest BCUT2D eigenvalue weighted by Crippen LogP contribution is 2.10. The Balaban J connectivity index is 1.88. The molecule has 0 aliphatic rings. The molecule has 0 heterocycles. The molecule has 0 spiro atoms. The molecule has 0 amide bonds. The number of hydrazine groups is 1. The summed E-state index contributed by atoms with van der Waals surface area (Å²) in [6.45, 7) is 2.63. The summed E-state index contributed by atoms with van der Waals surface area (Å²) in [5, 5.41) is 0. The molecule has 100 valence electrons. The number of aryl methyl sites for hydroxylation is 1. The average Bonchev–Trinajstić information content (AvgIpc) is 2.46. The van der Waals surface area contributed by atoms with Gasteiger partial charge in [-0.25, -0.2) is 0 Å². The second kappa shape index (κ2) is 6.92. The second-order valence-electron chi connectivity index (χ2n) is 4.68. The van der Waals surface area contributed by atoms with Crippen LogP contribution in [0.3, 0.4) is 0 Å². The van der Waals surface area contributed by atoms with E-state index < -0.39 is 0 Å². The third-order valence-corrected chi connectivity index (χ3v) is 3.03. The fraction of sp³-hybridized carbons (Fsp3) is 0.250. The first-order valence-corrected chi connectivity index (χ1v) is 6.47. The van der Waals surface area contributed by atoms with Crippen molar-refractivity contribution in [2.75, 3.05) is 6.61 Å². The minimum atomic E-state index is 0.0999. The van der Waals surface area contributed by atoms with E-state index in [1.165, 1.54) is 11.1 Å². The molecule has 3 N–H and O–H groups in total. The fourth-order valence-corrected chi connectivity index (χ4v) is 1.89. The lowest BCUT2D eigenvalue weighted by Gasteiger charge is -2.17. The number of hydrogen-bond acceptors (Lipinski definition) is 3. The van der Waals surface area contributed by atoms with E-state index in [4.69, 9.17) is 10.6 Å². The van der Waals surface area contributed by atoms with Gasteiger partial charge in [-0.05, 0) is 31.0 Å². The molecule has 0 bridgehead atoms. The maximum Gasteiger partial charge on any atom is 0.119 e. The smallest absolute Gasteiger partial charge is 0.119 e. The quantitative estimate of drug-likeness (QED) is 0.616. The van der Waals surface area contributed by atoms with Crippen molar-refractivity contribution >= 4 is 0 Å². The third kappa shape index (κ3) is 4.39. The van der Waals surface area contributed by atoms with Gasteiger partial charge in [0, 0.05) is 0 Å². The number of nitrogens with one attached hydrogen (secondary N) is 1. The Morgan fingerprint density at radius 2 is 1.74 bits per heavy atom. The van der Waals surface area contributed by atoms with Gasteiger partial charge in [-0.15, -0.1) is 0 Å². The minimum absolute atomic E-state index is 0.0999. The molecule has 0 fully saturated rings. The van der Waals surface area contributed by atoms with Crippen LogP contribution in [0.4, 0.5) is 0 Å². The number of ether oxygens (including phenoxy) is 1. The van der Waals surface area contributed by atoms with Crippen molar-refractivity contribution in [1.82, 2.24) is 5.43 Å². The first-order chi connectivity index (χ1) is 9.28. The Labute approximate surface area is 114 Å². The molecule has 0 radical (unpaired) electrons. The molecule has 2 rings (SSSR count). The molecule has 3 heteroatoms. The molecule has 0 aliphatic carbocycles. The van der Waals surface area contributed by atoms with Crippen LogP contribution in [-0.4, -0.2) is 12.6 Å². The van der Waals surface area contributed by atoms with Gasteiger partial charge in [0.05, 0.1) is 6.04 Å². The SMILES string of the molecule is Cc1ccc(CC(COc2ccccc2)NN)cc1. The van der Waals surface area contributed by atoms with Crippen molar-refractivity contribution in [2.24, 2.45) is 5.84 Å². The Kier molecular flexibility index (Phi) is 4.95. The molecule has 3 nitrogen and oxygen atoms in total. The van der Waals surface area contributed by atoms with Crippen molar-refractivity contribution in [3.63, 3.8) is 0 Å². The van der Waals surface area contributed by atoms with E-state index in [1.807, 2.05) is 30.3 Å². The summed E-state index contributed by atoms with van der Waals surface area (Å²) in [6, 6.07) is 18.4. The van der Waals surface area contributed by atoms with E-state index >= 15 is 0 Å². The summed E-state index contributed by atoms with van der Waals surface area (Å²) in [4.78, 5) is 0. The summed E-state index contributed by atoms with van der Waals surface area (Å²) in [7, 11) is 0. The standard InChI is InChI=1S/C16H20N2O/c1-13-7-9-14(10-8-13)11-15(18-17)12-19-16-5-3-2-4-6-16/h2-10,15,18H,11-12,17H2,1H3. The van der Waals surface area contributed by atoms with Gasteiger partial charge in [0.1, 0.15) is 12.4 Å². The van der Waals surface area contributed by atoms with E-state index in [9.17, 15) is 0 Å². The topological polar surface area (TPSA) is 47.3 Å². The summed E-state index contributed by atoms with van der Waals surface area (Å²) < 4.78 is 5.71. The van der Waals surface area contributed by atoms with Crippen molar-refractivity contribution < 1.29 is 4.74 Å². The number of para-hydroxylation sites is 1. The van der Waals surface area contributed by atoms with Crippen molar-refractivity contribution in [1.29, 1.82) is 0 Å². The van der Waals surface area contributed by atoms with E-state index in [-0.39, 0.29) is 6.04 Å². The lowest BCUT2D eigenvalue weighted by Crippen LogP contribution is -2.41. The summed E-state index contributed by atoms with van der Waals surface area (Å²) in [5.41, 5.74) is 5.33. The van der Waals surface area contributed by atoms with Crippen molar-refractivity contribution in [3.8, 4) is 5.75 Å². The van der Waals surface area contributed by atoms with Gasteiger partial charge >= 0.3 is 0 Å². The lowest BCUT2D eigenvalue weighted by atomic mass is 10.1. The van der Waals surface area contributed by atoms with E-state index in [0.717, 1.165) is 12.2 Å². The largest absolute Gasteiger partial charge is 0.492 e. The highest BCUT2D eigenvalue weighted by atomic mass is 16.5. The molecule has 1 unspecified atom stereocenters. The van der Waals surface area contributed by atoms with Gasteiger partial charge in [-0.1, -0.05) is 48.0 Å². The van der Waals surface area contributed by atoms with Crippen molar-refractivity contribution in [3.05, 3.63) is 65.7 Å². The summed E-state index contributed by atoms with van der Waals surface area (Å²) in [6.07, 6.45) is 0.851. The Bertz CT molecular complexity index is 482. The maximum absolute atomic E-state index is 5.71. The zero-order chi connectivity index (χ0) is 13.5. The number of nitrogens with two attached hydrogens (primary N) is 1.